The molecular weight excluding hydrogens is 224 g/mol. The van der Waals surface area contributed by atoms with Crippen molar-refractivity contribution >= 4 is 0 Å². The molecule has 2 nitrogen and oxygen atoms in total. The van der Waals surface area contributed by atoms with Crippen LogP contribution < -0.4 is 10.1 Å². The van der Waals surface area contributed by atoms with Gasteiger partial charge in [-0.25, -0.2) is 8.78 Å². The average Bonchev–Trinajstić information content (AvgIpc) is 3.12. The summed E-state index contributed by atoms with van der Waals surface area (Å²) >= 11 is 0. The first-order valence-electron chi connectivity index (χ1n) is 6.04. The van der Waals surface area contributed by atoms with Crippen LogP contribution in [0.1, 0.15) is 26.2 Å². The number of halogens is 2. The van der Waals surface area contributed by atoms with E-state index < -0.39 is 11.6 Å². The van der Waals surface area contributed by atoms with Gasteiger partial charge < -0.3 is 10.1 Å². The van der Waals surface area contributed by atoms with Gasteiger partial charge in [0.25, 0.3) is 0 Å². The fourth-order valence-electron chi connectivity index (χ4n) is 1.60. The molecule has 1 N–H and O–H groups in total. The third-order valence-electron chi connectivity index (χ3n) is 2.85. The lowest BCUT2D eigenvalue weighted by Crippen LogP contribution is -2.32. The maximum Gasteiger partial charge on any atom is 0.165 e. The molecular formula is C13H17F2NO. The molecule has 1 atom stereocenters. The highest BCUT2D eigenvalue weighted by atomic mass is 19.1. The fourth-order valence-corrected chi connectivity index (χ4v) is 1.60. The van der Waals surface area contributed by atoms with Crippen LogP contribution in [-0.4, -0.2) is 18.7 Å². The van der Waals surface area contributed by atoms with Crippen LogP contribution >= 0.6 is 0 Å². The first-order chi connectivity index (χ1) is 8.19. The molecule has 1 unspecified atom stereocenters. The van der Waals surface area contributed by atoms with E-state index in [-0.39, 0.29) is 11.9 Å². The minimum atomic E-state index is -0.517. The van der Waals surface area contributed by atoms with E-state index in [4.69, 9.17) is 4.74 Å². The molecule has 1 fully saturated rings. The molecule has 1 aromatic rings. The Morgan fingerprint density at radius 1 is 1.41 bits per heavy atom. The first-order valence-corrected chi connectivity index (χ1v) is 6.04. The van der Waals surface area contributed by atoms with Crippen molar-refractivity contribution in [3.05, 3.63) is 29.8 Å². The number of benzene rings is 1. The topological polar surface area (TPSA) is 21.3 Å². The molecule has 2 rings (SSSR count). The smallest absolute Gasteiger partial charge is 0.165 e. The summed E-state index contributed by atoms with van der Waals surface area (Å²) in [6, 6.07) is 3.86. The summed E-state index contributed by atoms with van der Waals surface area (Å²) in [4.78, 5) is 0. The number of hydrogen-bond acceptors (Lipinski definition) is 2. The van der Waals surface area contributed by atoms with Crippen LogP contribution in [0.3, 0.4) is 0 Å². The summed E-state index contributed by atoms with van der Waals surface area (Å²) in [6.45, 7) is 2.65. The van der Waals surface area contributed by atoms with Crippen molar-refractivity contribution in [2.24, 2.45) is 0 Å². The minimum absolute atomic E-state index is 0.00514. The Hall–Kier alpha value is -1.16. The van der Waals surface area contributed by atoms with E-state index in [1.54, 1.807) is 0 Å². The van der Waals surface area contributed by atoms with E-state index >= 15 is 0 Å². The van der Waals surface area contributed by atoms with Gasteiger partial charge in [0.05, 0.1) is 0 Å². The van der Waals surface area contributed by atoms with Crippen molar-refractivity contribution in [2.45, 2.75) is 38.3 Å². The second kappa shape index (κ2) is 5.45. The second-order valence-electron chi connectivity index (χ2n) is 4.41. The Bertz CT molecular complexity index is 380. The van der Waals surface area contributed by atoms with Gasteiger partial charge in [0.2, 0.25) is 0 Å². The highest BCUT2D eigenvalue weighted by Crippen LogP contribution is 2.21. The summed E-state index contributed by atoms with van der Waals surface area (Å²) in [5, 5.41) is 3.32. The number of rotatable bonds is 6. The Balaban J connectivity index is 1.93. The van der Waals surface area contributed by atoms with Gasteiger partial charge in [0.15, 0.2) is 11.6 Å². The maximum atomic E-state index is 13.4. The predicted octanol–water partition coefficient (Wildman–Crippen LogP) is 2.87. The number of nitrogens with one attached hydrogen (secondary N) is 1. The molecule has 0 aliphatic heterocycles. The average molecular weight is 241 g/mol. The second-order valence-corrected chi connectivity index (χ2v) is 4.41. The SMILES string of the molecule is CCC(CNC1CC1)Oc1cc(F)ccc1F. The van der Waals surface area contributed by atoms with Crippen molar-refractivity contribution in [1.29, 1.82) is 0 Å². The van der Waals surface area contributed by atoms with Gasteiger partial charge in [-0.3, -0.25) is 0 Å². The molecule has 1 saturated carbocycles. The van der Waals surface area contributed by atoms with Crippen LogP contribution in [0.4, 0.5) is 8.78 Å². The van der Waals surface area contributed by atoms with E-state index in [2.05, 4.69) is 5.32 Å². The van der Waals surface area contributed by atoms with Gasteiger partial charge >= 0.3 is 0 Å². The van der Waals surface area contributed by atoms with Gasteiger partial charge in [-0.15, -0.1) is 0 Å². The lowest BCUT2D eigenvalue weighted by Gasteiger charge is -2.18. The Labute approximate surface area is 100.0 Å². The quantitative estimate of drug-likeness (QED) is 0.827. The van der Waals surface area contributed by atoms with Crippen molar-refractivity contribution in [1.82, 2.24) is 5.32 Å². The zero-order chi connectivity index (χ0) is 12.3. The van der Waals surface area contributed by atoms with Gasteiger partial charge in [-0.1, -0.05) is 6.92 Å². The van der Waals surface area contributed by atoms with Gasteiger partial charge in [-0.2, -0.15) is 0 Å². The molecule has 1 aromatic carbocycles. The molecule has 0 amide bonds. The lowest BCUT2D eigenvalue weighted by molar-refractivity contribution is 0.184. The van der Waals surface area contributed by atoms with Crippen LogP contribution in [0.15, 0.2) is 18.2 Å². The summed E-state index contributed by atoms with van der Waals surface area (Å²) in [6.07, 6.45) is 3.04. The van der Waals surface area contributed by atoms with Crippen LogP contribution in [0, 0.1) is 11.6 Å². The number of hydrogen-bond donors (Lipinski definition) is 1. The van der Waals surface area contributed by atoms with E-state index in [1.807, 2.05) is 6.92 Å². The minimum Gasteiger partial charge on any atom is -0.486 e. The maximum absolute atomic E-state index is 13.4. The lowest BCUT2D eigenvalue weighted by atomic mass is 10.2. The number of ether oxygens (including phenoxy) is 1. The van der Waals surface area contributed by atoms with Crippen LogP contribution in [0.25, 0.3) is 0 Å². The summed E-state index contributed by atoms with van der Waals surface area (Å²) in [5.74, 6) is -1.00. The van der Waals surface area contributed by atoms with Crippen LogP contribution in [0.5, 0.6) is 5.75 Å². The molecule has 0 saturated heterocycles. The zero-order valence-electron chi connectivity index (χ0n) is 9.88. The summed E-state index contributed by atoms with van der Waals surface area (Å²) in [5.41, 5.74) is 0. The molecule has 4 heteroatoms. The molecule has 1 aliphatic carbocycles. The Kier molecular flexibility index (Phi) is 3.94. The molecule has 0 bridgehead atoms. The van der Waals surface area contributed by atoms with Crippen molar-refractivity contribution in [2.75, 3.05) is 6.54 Å². The van der Waals surface area contributed by atoms with Crippen molar-refractivity contribution in [3.63, 3.8) is 0 Å². The van der Waals surface area contributed by atoms with Gasteiger partial charge in [-0.05, 0) is 31.4 Å². The fraction of sp³-hybridized carbons (Fsp3) is 0.538. The van der Waals surface area contributed by atoms with Gasteiger partial charge in [0.1, 0.15) is 11.9 Å². The molecule has 0 spiro atoms. The molecule has 0 heterocycles. The van der Waals surface area contributed by atoms with Crippen LogP contribution in [-0.2, 0) is 0 Å². The van der Waals surface area contributed by atoms with E-state index in [0.29, 0.717) is 12.6 Å². The third-order valence-corrected chi connectivity index (χ3v) is 2.85. The zero-order valence-corrected chi connectivity index (χ0v) is 9.88. The normalized spacial score (nSPS) is 16.9. The largest absolute Gasteiger partial charge is 0.486 e. The van der Waals surface area contributed by atoms with Gasteiger partial charge in [0, 0.05) is 18.7 Å². The molecule has 0 aromatic heterocycles. The van der Waals surface area contributed by atoms with Crippen LogP contribution in [0.2, 0.25) is 0 Å². The summed E-state index contributed by atoms with van der Waals surface area (Å²) < 4.78 is 31.8. The van der Waals surface area contributed by atoms with E-state index in [0.717, 1.165) is 24.6 Å². The standard InChI is InChI=1S/C13H17F2NO/c1-2-11(8-16-10-4-5-10)17-13-7-9(14)3-6-12(13)15/h3,6-7,10-11,16H,2,4-5,8H2,1H3. The first kappa shape index (κ1) is 12.3. The highest BCUT2D eigenvalue weighted by Gasteiger charge is 2.22. The van der Waals surface area contributed by atoms with Crippen molar-refractivity contribution in [3.8, 4) is 5.75 Å². The predicted molar refractivity (Wildman–Crippen MR) is 62.1 cm³/mol. The third kappa shape index (κ3) is 3.66. The molecule has 94 valence electrons. The van der Waals surface area contributed by atoms with E-state index in [9.17, 15) is 8.78 Å². The summed E-state index contributed by atoms with van der Waals surface area (Å²) in [7, 11) is 0. The Morgan fingerprint density at radius 2 is 2.18 bits per heavy atom. The highest BCUT2D eigenvalue weighted by molar-refractivity contribution is 5.25. The Morgan fingerprint density at radius 3 is 2.82 bits per heavy atom. The molecule has 0 radical (unpaired) electrons. The molecule has 1 aliphatic rings. The van der Waals surface area contributed by atoms with Crippen molar-refractivity contribution < 1.29 is 13.5 Å². The monoisotopic (exact) mass is 241 g/mol. The molecule has 17 heavy (non-hydrogen) atoms. The van der Waals surface area contributed by atoms with E-state index in [1.165, 1.54) is 12.8 Å².